The van der Waals surface area contributed by atoms with Gasteiger partial charge in [-0.1, -0.05) is 0 Å². The van der Waals surface area contributed by atoms with Crippen molar-refractivity contribution in [2.45, 2.75) is 0 Å². The van der Waals surface area contributed by atoms with Gasteiger partial charge in [0.15, 0.2) is 0 Å². The number of rotatable bonds is 12. The molecule has 256 valence electrons. The average molecular weight is 730 g/mol. The Kier molecular flexibility index (Phi) is 9.76. The fourth-order valence-corrected chi connectivity index (χ4v) is 16.5. The summed E-state index contributed by atoms with van der Waals surface area (Å²) in [6.07, 6.45) is 0. The minimum atomic E-state index is -4.40. The van der Waals surface area contributed by atoms with Crippen LogP contribution in [0.5, 0.6) is 46.0 Å². The van der Waals surface area contributed by atoms with Crippen LogP contribution < -0.4 is 36.9 Å². The molecule has 0 radical (unpaired) electrons. The second-order valence-corrected chi connectivity index (χ2v) is 18.2. The fraction of sp³-hybridized carbons (Fsp3) is 0. The van der Waals surface area contributed by atoms with Gasteiger partial charge >= 0.3 is 291 Å². The molecule has 0 amide bonds. The van der Waals surface area contributed by atoms with Gasteiger partial charge in [-0.2, -0.15) is 0 Å². The van der Waals surface area contributed by atoms with Crippen molar-refractivity contribution in [3.8, 4) is 46.0 Å². The molecule has 7 rings (SSSR count). The van der Waals surface area contributed by atoms with Gasteiger partial charge in [-0.15, -0.1) is 0 Å². The normalized spacial score (nSPS) is 16.7. The molecule has 14 heteroatoms. The maximum absolute atomic E-state index is 10.5. The summed E-state index contributed by atoms with van der Waals surface area (Å²) >= 11 is 0. The van der Waals surface area contributed by atoms with Crippen molar-refractivity contribution < 1.29 is 37.4 Å². The second-order valence-electron chi connectivity index (χ2n) is 10.9. The van der Waals surface area contributed by atoms with Gasteiger partial charge in [0.05, 0.1) is 0 Å². The van der Waals surface area contributed by atoms with Gasteiger partial charge in [0.25, 0.3) is 0 Å². The van der Waals surface area contributed by atoms with Crippen molar-refractivity contribution >= 4 is 23.7 Å². The molecular formula is C36H34N3O8P3. The van der Waals surface area contributed by atoms with Crippen molar-refractivity contribution in [3.63, 3.8) is 0 Å². The first kappa shape index (κ1) is 33.2. The summed E-state index contributed by atoms with van der Waals surface area (Å²) in [5.74, 6) is 1.81. The van der Waals surface area contributed by atoms with Gasteiger partial charge in [0.2, 0.25) is 0 Å². The molecule has 0 saturated heterocycles. The number of nitrogens with zero attached hydrogens (tertiary/aromatic N) is 1. The Hall–Kier alpha value is -5.27. The minimum absolute atomic E-state index is 0.0584. The predicted octanol–water partition coefficient (Wildman–Crippen LogP) is 9.83. The van der Waals surface area contributed by atoms with Crippen LogP contribution in [0.4, 0.5) is 0 Å². The van der Waals surface area contributed by atoms with Gasteiger partial charge in [0.1, 0.15) is 0 Å². The van der Waals surface area contributed by atoms with Gasteiger partial charge in [0, 0.05) is 0 Å². The molecule has 0 spiro atoms. The topological polar surface area (TPSA) is 132 Å². The van der Waals surface area contributed by atoms with Gasteiger partial charge in [-0.25, -0.2) is 0 Å². The molecule has 0 saturated carbocycles. The second kappa shape index (κ2) is 14.7. The Morgan fingerprint density at radius 1 is 0.440 bits per heavy atom. The molecule has 0 fully saturated rings. The number of benzene rings is 6. The molecule has 1 aliphatic rings. The Morgan fingerprint density at radius 3 is 1.22 bits per heavy atom. The summed E-state index contributed by atoms with van der Waals surface area (Å²) in [5.41, 5.74) is 0. The van der Waals surface area contributed by atoms with Crippen LogP contribution in [0.2, 0.25) is 0 Å². The number of aromatic hydroxyl groups is 2. The molecule has 0 aliphatic carbocycles. The average Bonchev–Trinajstić information content (AvgIpc) is 3.09. The third kappa shape index (κ3) is 8.29. The van der Waals surface area contributed by atoms with Crippen LogP contribution in [0.15, 0.2) is 174 Å². The summed E-state index contributed by atoms with van der Waals surface area (Å²) in [7, 11) is -12.4. The van der Waals surface area contributed by atoms with E-state index in [1.54, 1.807) is 60.7 Å². The Bertz CT molecular complexity index is 1960. The van der Waals surface area contributed by atoms with Crippen molar-refractivity contribution in [2.24, 2.45) is 4.52 Å². The molecule has 0 unspecified atom stereocenters. The van der Waals surface area contributed by atoms with Crippen LogP contribution in [-0.4, -0.2) is 10.2 Å². The van der Waals surface area contributed by atoms with E-state index in [4.69, 9.17) is 31.7 Å². The number of phenols is 2. The molecule has 0 aromatic heterocycles. The monoisotopic (exact) mass is 729 g/mol. The van der Waals surface area contributed by atoms with Crippen molar-refractivity contribution in [1.82, 2.24) is 9.72 Å². The molecular weight excluding hydrogens is 695 g/mol. The third-order valence-electron chi connectivity index (χ3n) is 6.96. The number of nitrogens with one attached hydrogen (secondary N) is 2. The van der Waals surface area contributed by atoms with Crippen LogP contribution in [0, 0.1) is 0 Å². The van der Waals surface area contributed by atoms with Gasteiger partial charge < -0.3 is 0 Å². The molecule has 4 N–H and O–H groups in total. The molecule has 0 atom stereocenters. The number of phenolic OH excluding ortho intramolecular Hbond substituents is 2. The zero-order valence-electron chi connectivity index (χ0n) is 26.4. The van der Waals surface area contributed by atoms with Crippen LogP contribution in [0.3, 0.4) is 0 Å². The molecule has 50 heavy (non-hydrogen) atoms. The van der Waals surface area contributed by atoms with Crippen LogP contribution in [0.25, 0.3) is 0 Å². The van der Waals surface area contributed by atoms with Crippen molar-refractivity contribution in [1.29, 1.82) is 0 Å². The summed E-state index contributed by atoms with van der Waals surface area (Å²) in [4.78, 5) is 6.94. The van der Waals surface area contributed by atoms with E-state index in [0.717, 1.165) is 0 Å². The molecule has 11 nitrogen and oxygen atoms in total. The molecule has 1 aliphatic heterocycles. The van der Waals surface area contributed by atoms with Gasteiger partial charge in [-0.05, 0) is 0 Å². The Labute approximate surface area is 290 Å². The first-order valence-corrected chi connectivity index (χ1v) is 20.7. The van der Waals surface area contributed by atoms with Gasteiger partial charge in [-0.3, -0.25) is 0 Å². The van der Waals surface area contributed by atoms with E-state index >= 15 is 0 Å². The molecule has 6 aromatic carbocycles. The zero-order chi connectivity index (χ0) is 34.3. The Balaban J connectivity index is 1.50. The van der Waals surface area contributed by atoms with Crippen LogP contribution in [0.1, 0.15) is 0 Å². The Morgan fingerprint density at radius 2 is 0.800 bits per heavy atom. The standard InChI is InChI=1S/C36H34N3O8P3/c40-29-26-30(41)28-36(27-29)47-50(46-35-24-14-5-15-25-35)38-48(42-31-16-6-1-7-17-31,43-32-18-8-2-9-19-32)37-49(39-50,44-33-20-10-3-11-21-33)45-34-22-12-4-13-23-34/h1-28,37-38,40-41,48,50H. The summed E-state index contributed by atoms with van der Waals surface area (Å²) < 4.78 is 45.9. The number of hydrogen-bond acceptors (Lipinski definition) is 11. The van der Waals surface area contributed by atoms with E-state index in [-0.39, 0.29) is 17.2 Å². The van der Waals surface area contributed by atoms with Crippen molar-refractivity contribution in [3.05, 3.63) is 170 Å². The predicted molar refractivity (Wildman–Crippen MR) is 198 cm³/mol. The first-order chi connectivity index (χ1) is 24.4. The van der Waals surface area contributed by atoms with Crippen LogP contribution >= 0.6 is 23.7 Å². The van der Waals surface area contributed by atoms with E-state index in [1.165, 1.54) is 18.2 Å². The molecule has 1 heterocycles. The summed E-state index contributed by atoms with van der Waals surface area (Å²) in [6, 6.07) is 49.4. The molecule has 6 aromatic rings. The number of para-hydroxylation sites is 5. The van der Waals surface area contributed by atoms with E-state index in [1.807, 2.05) is 91.0 Å². The van der Waals surface area contributed by atoms with E-state index < -0.39 is 23.7 Å². The quantitative estimate of drug-likeness (QED) is 0.0903. The molecule has 0 bridgehead atoms. The third-order valence-corrected chi connectivity index (χ3v) is 16.9. The number of hydrogen-bond donors (Lipinski definition) is 4. The first-order valence-electron chi connectivity index (χ1n) is 15.5. The SMILES string of the molecule is Oc1cc(O)cc(O[PH]2(Oc3ccccc3)N=P(Oc3ccccc3)(Oc3ccccc3)N[PH](Oc3ccccc3)(Oc3ccccc3)N2)c1. The maximum atomic E-state index is 10.5. The summed E-state index contributed by atoms with van der Waals surface area (Å²) in [5, 5.41) is 20.9. The van der Waals surface area contributed by atoms with E-state index in [9.17, 15) is 10.2 Å². The van der Waals surface area contributed by atoms with Crippen molar-refractivity contribution in [2.75, 3.05) is 0 Å². The fourth-order valence-electron chi connectivity index (χ4n) is 4.97. The summed E-state index contributed by atoms with van der Waals surface area (Å²) in [6.45, 7) is 0. The van der Waals surface area contributed by atoms with Crippen LogP contribution in [-0.2, 0) is 0 Å². The van der Waals surface area contributed by atoms with E-state index in [0.29, 0.717) is 28.7 Å². The zero-order valence-corrected chi connectivity index (χ0v) is 29.3. The van der Waals surface area contributed by atoms with E-state index in [2.05, 4.69) is 9.72 Å².